The number of hydrogen-bond acceptors (Lipinski definition) is 23. The minimum absolute atomic E-state index is 0. The molecule has 4 aromatic rings. The molecule has 0 aliphatic rings. The van der Waals surface area contributed by atoms with Gasteiger partial charge in [-0.05, 0) is 35.4 Å². The molecule has 0 aliphatic heterocycles. The average Bonchev–Trinajstić information content (AvgIpc) is 3.09. The maximum atomic E-state index is 12.2. The van der Waals surface area contributed by atoms with Crippen LogP contribution in [0.25, 0.3) is 12.2 Å². The van der Waals surface area contributed by atoms with Gasteiger partial charge in [-0.3, -0.25) is 15.5 Å². The van der Waals surface area contributed by atoms with E-state index in [9.17, 15) is 38.9 Å². The van der Waals surface area contributed by atoms with Gasteiger partial charge in [-0.2, -0.15) is 34.2 Å². The molecule has 26 heteroatoms. The molecule has 6 N–H and O–H groups in total. The summed E-state index contributed by atoms with van der Waals surface area (Å²) in [5.41, 5.74) is 0.800. The Bertz CT molecular complexity index is 1910. The summed E-state index contributed by atoms with van der Waals surface area (Å²) in [5, 5.41) is 56.7. The van der Waals surface area contributed by atoms with Crippen LogP contribution in [-0.4, -0.2) is 104 Å². The zero-order chi connectivity index (χ0) is 36.3. The molecule has 0 aliphatic carbocycles. The predicted octanol–water partition coefficient (Wildman–Crippen LogP) is -5.75. The second-order valence-electron chi connectivity index (χ2n) is 9.38. The molecule has 0 atom stereocenters. The summed E-state index contributed by atoms with van der Waals surface area (Å²) in [7, 11) is -2.48. The van der Waals surface area contributed by atoms with Crippen molar-refractivity contribution in [3.63, 3.8) is 0 Å². The Kier molecular flexibility index (Phi) is 18.8. The zero-order valence-electron chi connectivity index (χ0n) is 27.9. The summed E-state index contributed by atoms with van der Waals surface area (Å²) in [6.07, 6.45) is 2.78. The standard InChI is InChI=1S/C26H30N10O12S2.2Na/c1-45-25-31-21(29-23(33-25)35(9-11-37)10-12-38)27-17-7-5-15(19(13-17)49-48-47-41)3-4-16-6-8-18(14-20(16)50(42,43)44)28-22-30-24(36(39)40)34-26(32-22)46-2;;/h3-8,13-14,37-41H,9-12H2,1-2H3,(H,42,43,44)(H,27,29,31,33)(H,28,30,32,34);;/q;2*+1/p-2/b4-3+;;. The van der Waals surface area contributed by atoms with Gasteiger partial charge in [-0.1, -0.05) is 29.5 Å². The predicted molar refractivity (Wildman–Crippen MR) is 170 cm³/mol. The van der Waals surface area contributed by atoms with Gasteiger partial charge in [0.05, 0.1) is 44.4 Å². The number of nitrogens with zero attached hydrogens (tertiary/aromatic N) is 8. The molecule has 0 spiro atoms. The van der Waals surface area contributed by atoms with Gasteiger partial charge in [-0.25, -0.2) is 8.42 Å². The first-order chi connectivity index (χ1) is 24.0. The number of aliphatic hydroxyl groups is 2. The van der Waals surface area contributed by atoms with Crippen molar-refractivity contribution in [1.29, 1.82) is 0 Å². The Morgan fingerprint density at radius 1 is 0.808 bits per heavy atom. The van der Waals surface area contributed by atoms with Crippen LogP contribution in [0.3, 0.4) is 0 Å². The summed E-state index contributed by atoms with van der Waals surface area (Å²) in [5.74, 6) is -0.737. The number of aliphatic hydroxyl groups excluding tert-OH is 2. The summed E-state index contributed by atoms with van der Waals surface area (Å²) in [6.45, 7) is -0.215. The number of methoxy groups -OCH3 is 2. The number of ether oxygens (including phenoxy) is 2. The van der Waals surface area contributed by atoms with Crippen LogP contribution in [0, 0.1) is 0 Å². The molecular formula is C26H28N10Na2O12S2. The van der Waals surface area contributed by atoms with E-state index in [0.717, 1.165) is 6.07 Å². The van der Waals surface area contributed by atoms with Crippen molar-refractivity contribution in [3.8, 4) is 12.0 Å². The van der Waals surface area contributed by atoms with E-state index < -0.39 is 21.0 Å². The number of anilines is 6. The molecule has 52 heavy (non-hydrogen) atoms. The molecule has 2 heterocycles. The topological polar surface area (TPSA) is 306 Å². The molecule has 0 unspecified atom stereocenters. The first kappa shape index (κ1) is 45.1. The van der Waals surface area contributed by atoms with Crippen molar-refractivity contribution < 1.29 is 117 Å². The second kappa shape index (κ2) is 21.6. The van der Waals surface area contributed by atoms with Crippen molar-refractivity contribution >= 4 is 69.5 Å². The van der Waals surface area contributed by atoms with E-state index in [1.165, 1.54) is 49.5 Å². The Morgan fingerprint density at radius 3 is 1.85 bits per heavy atom. The Labute approximate surface area is 344 Å². The fraction of sp³-hybridized carbons (Fsp3) is 0.231. The smallest absolute Gasteiger partial charge is 0.744 e. The third-order valence-electron chi connectivity index (χ3n) is 6.18. The third kappa shape index (κ3) is 12.8. The largest absolute Gasteiger partial charge is 1.00 e. The van der Waals surface area contributed by atoms with Gasteiger partial charge < -0.3 is 45.0 Å². The van der Waals surface area contributed by atoms with Crippen LogP contribution in [0.2, 0.25) is 0 Å². The molecule has 4 rings (SSSR count). The van der Waals surface area contributed by atoms with Crippen LogP contribution < -0.4 is 94.6 Å². The Hall–Kier alpha value is -3.02. The molecule has 2 aromatic heterocycles. The van der Waals surface area contributed by atoms with E-state index >= 15 is 0 Å². The SMILES string of the molecule is COc1nc(Nc2ccc(/C=C/c3ccc(Nc4nc(OC)nc(N(CCO)CCO)n4)cc3SOO[O-])c(S(=O)(=O)[O-])c2)nc(N(O)O)n1.[Na+].[Na+]. The summed E-state index contributed by atoms with van der Waals surface area (Å²) in [4.78, 5) is 25.1. The fourth-order valence-corrected chi connectivity index (χ4v) is 5.25. The Balaban J connectivity index is 0.00000468. The van der Waals surface area contributed by atoms with Crippen LogP contribution in [-0.2, 0) is 19.5 Å². The minimum atomic E-state index is -5.04. The summed E-state index contributed by atoms with van der Waals surface area (Å²) >= 11 is 0.529. The van der Waals surface area contributed by atoms with Crippen LogP contribution in [0.15, 0.2) is 46.2 Å². The minimum Gasteiger partial charge on any atom is -0.744 e. The fourth-order valence-electron chi connectivity index (χ4n) is 4.05. The third-order valence-corrected chi connectivity index (χ3v) is 7.72. The van der Waals surface area contributed by atoms with Crippen LogP contribution in [0.1, 0.15) is 11.1 Å². The van der Waals surface area contributed by atoms with Crippen molar-refractivity contribution in [2.24, 2.45) is 0 Å². The molecule has 0 amide bonds. The van der Waals surface area contributed by atoms with Crippen LogP contribution in [0.4, 0.5) is 35.2 Å². The first-order valence-corrected chi connectivity index (χ1v) is 16.0. The first-order valence-electron chi connectivity index (χ1n) is 13.8. The number of benzene rings is 2. The summed E-state index contributed by atoms with van der Waals surface area (Å²) in [6, 6.07) is 8.05. The number of nitrogens with one attached hydrogen (secondary N) is 2. The molecule has 268 valence electrons. The van der Waals surface area contributed by atoms with Crippen molar-refractivity contribution in [2.45, 2.75) is 9.79 Å². The molecule has 22 nitrogen and oxygen atoms in total. The van der Waals surface area contributed by atoms with E-state index in [0.29, 0.717) is 23.3 Å². The van der Waals surface area contributed by atoms with Gasteiger partial charge in [0.1, 0.15) is 10.1 Å². The molecule has 2 aromatic carbocycles. The molecule has 0 fully saturated rings. The van der Waals surface area contributed by atoms with Crippen molar-refractivity contribution in [3.05, 3.63) is 47.5 Å². The maximum absolute atomic E-state index is 12.2. The average molecular weight is 783 g/mol. The zero-order valence-corrected chi connectivity index (χ0v) is 33.5. The number of rotatable bonds is 18. The Morgan fingerprint density at radius 2 is 1.33 bits per heavy atom. The molecule has 0 bridgehead atoms. The monoisotopic (exact) mass is 782 g/mol. The van der Waals surface area contributed by atoms with Gasteiger partial charge >= 0.3 is 71.1 Å². The molecule has 0 radical (unpaired) electrons. The maximum Gasteiger partial charge on any atom is 1.00 e. The van der Waals surface area contributed by atoms with E-state index in [4.69, 9.17) is 9.47 Å². The quantitative estimate of drug-likeness (QED) is 0.0137. The summed E-state index contributed by atoms with van der Waals surface area (Å²) < 4.78 is 51.3. The number of aromatic nitrogens is 6. The van der Waals surface area contributed by atoms with Crippen molar-refractivity contribution in [2.75, 3.05) is 61.3 Å². The van der Waals surface area contributed by atoms with Crippen LogP contribution in [0.5, 0.6) is 12.0 Å². The van der Waals surface area contributed by atoms with E-state index in [1.807, 2.05) is 0 Å². The van der Waals surface area contributed by atoms with E-state index in [-0.39, 0.29) is 137 Å². The van der Waals surface area contributed by atoms with Gasteiger partial charge in [0.15, 0.2) is 0 Å². The van der Waals surface area contributed by atoms with Gasteiger partial charge in [0.2, 0.25) is 17.8 Å². The van der Waals surface area contributed by atoms with Crippen molar-refractivity contribution in [1.82, 2.24) is 29.9 Å². The molecular weight excluding hydrogens is 754 g/mol. The second-order valence-corrected chi connectivity index (χ2v) is 11.5. The molecule has 0 saturated carbocycles. The van der Waals surface area contributed by atoms with Gasteiger partial charge in [0, 0.05) is 29.4 Å². The van der Waals surface area contributed by atoms with E-state index in [1.54, 1.807) is 12.1 Å². The normalized spacial score (nSPS) is 11.0. The number of hydrogen-bond donors (Lipinski definition) is 6. The van der Waals surface area contributed by atoms with Gasteiger partial charge in [0.25, 0.3) is 5.95 Å². The van der Waals surface area contributed by atoms with E-state index in [2.05, 4.69) is 49.9 Å². The van der Waals surface area contributed by atoms with Crippen LogP contribution >= 0.6 is 12.0 Å². The molecule has 0 saturated heterocycles. The van der Waals surface area contributed by atoms with Gasteiger partial charge in [-0.15, -0.1) is 0 Å².